The summed E-state index contributed by atoms with van der Waals surface area (Å²) >= 11 is 7.42. The van der Waals surface area contributed by atoms with Crippen molar-refractivity contribution < 1.29 is 8.42 Å². The number of rotatable bonds is 5. The van der Waals surface area contributed by atoms with Gasteiger partial charge in [-0.25, -0.2) is 8.42 Å². The van der Waals surface area contributed by atoms with E-state index in [1.165, 1.54) is 17.6 Å². The van der Waals surface area contributed by atoms with Gasteiger partial charge in [-0.15, -0.1) is 11.3 Å². The van der Waals surface area contributed by atoms with E-state index in [4.69, 9.17) is 17.3 Å². The van der Waals surface area contributed by atoms with Crippen molar-refractivity contribution in [2.45, 2.75) is 18.9 Å². The van der Waals surface area contributed by atoms with Gasteiger partial charge in [0.2, 0.25) is 0 Å². The lowest BCUT2D eigenvalue weighted by atomic mass is 10.1. The van der Waals surface area contributed by atoms with Gasteiger partial charge >= 0.3 is 0 Å². The minimum atomic E-state index is -2.88. The minimum absolute atomic E-state index is 0.153. The molecule has 15 heavy (non-hydrogen) atoms. The van der Waals surface area contributed by atoms with Crippen molar-refractivity contribution in [3.05, 3.63) is 21.3 Å². The summed E-state index contributed by atoms with van der Waals surface area (Å²) < 4.78 is 21.8. The van der Waals surface area contributed by atoms with Crippen LogP contribution in [0.25, 0.3) is 0 Å². The first-order valence-electron chi connectivity index (χ1n) is 4.56. The van der Waals surface area contributed by atoms with Crippen molar-refractivity contribution in [2.24, 2.45) is 5.73 Å². The number of nitrogens with two attached hydrogens (primary N) is 1. The van der Waals surface area contributed by atoms with Gasteiger partial charge in [-0.3, -0.25) is 0 Å². The zero-order valence-electron chi connectivity index (χ0n) is 8.44. The van der Waals surface area contributed by atoms with Crippen LogP contribution in [0.1, 0.15) is 23.8 Å². The van der Waals surface area contributed by atoms with Crippen molar-refractivity contribution in [1.29, 1.82) is 0 Å². The third-order valence-electron chi connectivity index (χ3n) is 2.01. The van der Waals surface area contributed by atoms with Crippen molar-refractivity contribution >= 4 is 32.8 Å². The van der Waals surface area contributed by atoms with Crippen LogP contribution in [0.15, 0.2) is 11.4 Å². The molecule has 1 unspecified atom stereocenters. The van der Waals surface area contributed by atoms with Crippen LogP contribution in [0.5, 0.6) is 0 Å². The summed E-state index contributed by atoms with van der Waals surface area (Å²) in [4.78, 5) is 0.935. The first-order valence-corrected chi connectivity index (χ1v) is 7.88. The molecule has 1 atom stereocenters. The molecule has 0 radical (unpaired) electrons. The van der Waals surface area contributed by atoms with E-state index in [1.54, 1.807) is 6.07 Å². The molecular formula is C9H14ClNO2S2. The Morgan fingerprint density at radius 1 is 1.60 bits per heavy atom. The maximum atomic E-state index is 10.9. The predicted molar refractivity (Wildman–Crippen MR) is 65.2 cm³/mol. The summed E-state index contributed by atoms with van der Waals surface area (Å²) in [6.07, 6.45) is 2.46. The standard InChI is InChI=1S/C9H14ClNO2S2/c1-15(12,13)6-2-3-8(11)9-7(10)4-5-14-9/h4-5,8H,2-3,6,11H2,1H3. The zero-order valence-corrected chi connectivity index (χ0v) is 10.8. The van der Waals surface area contributed by atoms with Crippen molar-refractivity contribution in [1.82, 2.24) is 0 Å². The molecule has 1 aromatic heterocycles. The van der Waals surface area contributed by atoms with E-state index in [9.17, 15) is 8.42 Å². The number of thiophene rings is 1. The Kier molecular flexibility index (Phi) is 4.58. The van der Waals surface area contributed by atoms with E-state index in [0.717, 1.165) is 4.88 Å². The fourth-order valence-corrected chi connectivity index (χ4v) is 3.19. The van der Waals surface area contributed by atoms with E-state index >= 15 is 0 Å². The Hall–Kier alpha value is -0.100. The lowest BCUT2D eigenvalue weighted by Gasteiger charge is -2.09. The Morgan fingerprint density at radius 2 is 2.27 bits per heavy atom. The van der Waals surface area contributed by atoms with Gasteiger partial charge in [0.15, 0.2) is 0 Å². The molecule has 86 valence electrons. The maximum absolute atomic E-state index is 10.9. The highest BCUT2D eigenvalue weighted by Gasteiger charge is 2.12. The third-order valence-corrected chi connectivity index (χ3v) is 4.53. The number of halogens is 1. The van der Waals surface area contributed by atoms with Gasteiger partial charge in [-0.05, 0) is 24.3 Å². The van der Waals surface area contributed by atoms with E-state index < -0.39 is 9.84 Å². The predicted octanol–water partition coefficient (Wildman–Crippen LogP) is 2.23. The quantitative estimate of drug-likeness (QED) is 0.890. The second-order valence-corrected chi connectivity index (χ2v) is 7.13. The van der Waals surface area contributed by atoms with Crippen molar-refractivity contribution in [3.63, 3.8) is 0 Å². The third kappa shape index (κ3) is 4.51. The van der Waals surface area contributed by atoms with Crippen LogP contribution in [-0.2, 0) is 9.84 Å². The lowest BCUT2D eigenvalue weighted by molar-refractivity contribution is 0.589. The summed E-state index contributed by atoms with van der Waals surface area (Å²) in [5.41, 5.74) is 5.90. The normalized spacial score (nSPS) is 14.1. The molecule has 1 heterocycles. The van der Waals surface area contributed by atoms with Gasteiger partial charge in [-0.1, -0.05) is 11.6 Å². The number of sulfone groups is 1. The topological polar surface area (TPSA) is 60.2 Å². The summed E-state index contributed by atoms with van der Waals surface area (Å²) in [6, 6.07) is 1.65. The molecule has 6 heteroatoms. The molecule has 0 spiro atoms. The molecule has 1 aromatic rings. The number of hydrogen-bond donors (Lipinski definition) is 1. The molecular weight excluding hydrogens is 254 g/mol. The average Bonchev–Trinajstić information content (AvgIpc) is 2.48. The molecule has 0 fully saturated rings. The number of hydrogen-bond acceptors (Lipinski definition) is 4. The van der Waals surface area contributed by atoms with E-state index in [-0.39, 0.29) is 11.8 Å². The van der Waals surface area contributed by atoms with Gasteiger partial charge in [-0.2, -0.15) is 0 Å². The Balaban J connectivity index is 2.44. The molecule has 0 amide bonds. The molecule has 2 N–H and O–H groups in total. The Labute approximate surface area is 99.2 Å². The van der Waals surface area contributed by atoms with Crippen molar-refractivity contribution in [3.8, 4) is 0 Å². The van der Waals surface area contributed by atoms with Crippen LogP contribution < -0.4 is 5.73 Å². The second-order valence-electron chi connectivity index (χ2n) is 3.51. The second kappa shape index (κ2) is 5.30. The van der Waals surface area contributed by atoms with Crippen molar-refractivity contribution in [2.75, 3.05) is 12.0 Å². The van der Waals surface area contributed by atoms with Crippen LogP contribution in [0, 0.1) is 0 Å². The van der Waals surface area contributed by atoms with Gasteiger partial charge < -0.3 is 5.73 Å². The van der Waals surface area contributed by atoms with Crippen LogP contribution in [0.3, 0.4) is 0 Å². The van der Waals surface area contributed by atoms with Gasteiger partial charge in [0.1, 0.15) is 9.84 Å². The van der Waals surface area contributed by atoms with Gasteiger partial charge in [0.05, 0.1) is 5.02 Å². The largest absolute Gasteiger partial charge is 0.323 e. The zero-order chi connectivity index (χ0) is 11.5. The summed E-state index contributed by atoms with van der Waals surface area (Å²) in [5, 5.41) is 2.56. The lowest BCUT2D eigenvalue weighted by Crippen LogP contribution is -2.11. The Bertz CT molecular complexity index is 414. The molecule has 0 aliphatic rings. The molecule has 0 saturated carbocycles. The van der Waals surface area contributed by atoms with E-state index in [0.29, 0.717) is 17.9 Å². The molecule has 0 aliphatic carbocycles. The average molecular weight is 268 g/mol. The monoisotopic (exact) mass is 267 g/mol. The van der Waals surface area contributed by atoms with Crippen LogP contribution in [-0.4, -0.2) is 20.4 Å². The van der Waals surface area contributed by atoms with Crippen LogP contribution >= 0.6 is 22.9 Å². The summed E-state index contributed by atoms with van der Waals surface area (Å²) in [5.74, 6) is 0.184. The molecule has 1 rings (SSSR count). The molecule has 0 bridgehead atoms. The SMILES string of the molecule is CS(=O)(=O)CCCC(N)c1sccc1Cl. The molecule has 0 saturated heterocycles. The maximum Gasteiger partial charge on any atom is 0.147 e. The summed E-state index contributed by atoms with van der Waals surface area (Å²) in [7, 11) is -2.88. The van der Waals surface area contributed by atoms with E-state index in [2.05, 4.69) is 0 Å². The van der Waals surface area contributed by atoms with E-state index in [1.807, 2.05) is 5.38 Å². The van der Waals surface area contributed by atoms with Crippen LogP contribution in [0.2, 0.25) is 5.02 Å². The molecule has 3 nitrogen and oxygen atoms in total. The Morgan fingerprint density at radius 3 is 2.73 bits per heavy atom. The summed E-state index contributed by atoms with van der Waals surface area (Å²) in [6.45, 7) is 0. The van der Waals surface area contributed by atoms with Gasteiger partial charge in [0.25, 0.3) is 0 Å². The highest BCUT2D eigenvalue weighted by atomic mass is 35.5. The fourth-order valence-electron chi connectivity index (χ4n) is 1.27. The molecule has 0 aromatic carbocycles. The fraction of sp³-hybridized carbons (Fsp3) is 0.556. The van der Waals surface area contributed by atoms with Gasteiger partial charge in [0, 0.05) is 22.9 Å². The first-order chi connectivity index (χ1) is 6.90. The first kappa shape index (κ1) is 13.0. The highest BCUT2D eigenvalue weighted by molar-refractivity contribution is 7.90. The minimum Gasteiger partial charge on any atom is -0.323 e. The smallest absolute Gasteiger partial charge is 0.147 e. The highest BCUT2D eigenvalue weighted by Crippen LogP contribution is 2.29. The molecule has 0 aliphatic heterocycles. The van der Waals surface area contributed by atoms with Crippen LogP contribution in [0.4, 0.5) is 0 Å².